The molecule has 0 saturated carbocycles. The van der Waals surface area contributed by atoms with Crippen molar-refractivity contribution in [2.45, 2.75) is 38.8 Å². The summed E-state index contributed by atoms with van der Waals surface area (Å²) in [5, 5.41) is 0. The predicted octanol–water partition coefficient (Wildman–Crippen LogP) is 2.68. The molecule has 1 saturated heterocycles. The van der Waals surface area contributed by atoms with Gasteiger partial charge < -0.3 is 14.1 Å². The Morgan fingerprint density at radius 1 is 1.35 bits per heavy atom. The van der Waals surface area contributed by atoms with E-state index in [-0.39, 0.29) is 11.9 Å². The molecule has 5 nitrogen and oxygen atoms in total. The normalized spacial score (nSPS) is 22.0. The predicted molar refractivity (Wildman–Crippen MR) is 88.3 cm³/mol. The van der Waals surface area contributed by atoms with Crippen molar-refractivity contribution in [1.82, 2.24) is 9.80 Å². The summed E-state index contributed by atoms with van der Waals surface area (Å²) >= 11 is 0. The van der Waals surface area contributed by atoms with Crippen LogP contribution in [0.15, 0.2) is 28.9 Å². The van der Waals surface area contributed by atoms with Crippen LogP contribution in [0.5, 0.6) is 0 Å². The third kappa shape index (κ3) is 4.03. The maximum atomic E-state index is 12.7. The Balaban J connectivity index is 1.59. The summed E-state index contributed by atoms with van der Waals surface area (Å²) < 4.78 is 11.0. The van der Waals surface area contributed by atoms with Crippen LogP contribution in [0.3, 0.4) is 0 Å². The summed E-state index contributed by atoms with van der Waals surface area (Å²) in [6.07, 6.45) is 9.19. The SMILES string of the molecule is CCCCC1C=CCN1C(=O)c1coc(CN2CCOCC2)c1. The van der Waals surface area contributed by atoms with Gasteiger partial charge in [0.2, 0.25) is 0 Å². The molecule has 3 heterocycles. The lowest BCUT2D eigenvalue weighted by atomic mass is 10.1. The summed E-state index contributed by atoms with van der Waals surface area (Å²) in [7, 11) is 0. The van der Waals surface area contributed by atoms with Gasteiger partial charge in [-0.15, -0.1) is 0 Å². The van der Waals surface area contributed by atoms with E-state index in [1.165, 1.54) is 0 Å². The Labute approximate surface area is 137 Å². The largest absolute Gasteiger partial charge is 0.467 e. The molecule has 0 radical (unpaired) electrons. The van der Waals surface area contributed by atoms with Gasteiger partial charge in [0.25, 0.3) is 5.91 Å². The van der Waals surface area contributed by atoms with Crippen molar-refractivity contribution >= 4 is 5.91 Å². The number of carbonyl (C=O) groups excluding carboxylic acids is 1. The van der Waals surface area contributed by atoms with Crippen molar-refractivity contribution in [3.8, 4) is 0 Å². The number of furan rings is 1. The fourth-order valence-electron chi connectivity index (χ4n) is 3.19. The van der Waals surface area contributed by atoms with E-state index >= 15 is 0 Å². The molecule has 0 aromatic carbocycles. The fourth-order valence-corrected chi connectivity index (χ4v) is 3.19. The number of hydrogen-bond donors (Lipinski definition) is 0. The second-order valence-corrected chi connectivity index (χ2v) is 6.29. The van der Waals surface area contributed by atoms with Crippen LogP contribution >= 0.6 is 0 Å². The van der Waals surface area contributed by atoms with Gasteiger partial charge in [-0.1, -0.05) is 31.9 Å². The molecule has 126 valence electrons. The van der Waals surface area contributed by atoms with Crippen molar-refractivity contribution in [2.75, 3.05) is 32.8 Å². The average molecular weight is 318 g/mol. The summed E-state index contributed by atoms with van der Waals surface area (Å²) in [5.74, 6) is 0.931. The van der Waals surface area contributed by atoms with E-state index < -0.39 is 0 Å². The van der Waals surface area contributed by atoms with E-state index in [4.69, 9.17) is 9.15 Å². The molecular weight excluding hydrogens is 292 g/mol. The standard InChI is InChI=1S/C18H26N2O3/c1-2-3-5-16-6-4-7-20(16)18(21)15-12-17(23-14-15)13-19-8-10-22-11-9-19/h4,6,12,14,16H,2-3,5,7-11,13H2,1H3. The molecule has 1 aromatic rings. The number of morpholine rings is 1. The van der Waals surface area contributed by atoms with Gasteiger partial charge in [0, 0.05) is 19.6 Å². The first-order valence-electron chi connectivity index (χ1n) is 8.63. The van der Waals surface area contributed by atoms with Crippen LogP contribution < -0.4 is 0 Å². The number of nitrogens with zero attached hydrogens (tertiary/aromatic N) is 2. The number of amides is 1. The van der Waals surface area contributed by atoms with Crippen molar-refractivity contribution < 1.29 is 13.9 Å². The molecule has 0 bridgehead atoms. The number of unbranched alkanes of at least 4 members (excludes halogenated alkanes) is 1. The molecule has 1 unspecified atom stereocenters. The van der Waals surface area contributed by atoms with Crippen LogP contribution in [-0.2, 0) is 11.3 Å². The molecule has 2 aliphatic rings. The highest BCUT2D eigenvalue weighted by molar-refractivity contribution is 5.94. The van der Waals surface area contributed by atoms with E-state index in [9.17, 15) is 4.79 Å². The minimum absolute atomic E-state index is 0.0769. The molecule has 1 atom stereocenters. The second-order valence-electron chi connectivity index (χ2n) is 6.29. The van der Waals surface area contributed by atoms with Crippen LogP contribution in [0.4, 0.5) is 0 Å². The molecule has 1 fully saturated rings. The maximum Gasteiger partial charge on any atom is 0.257 e. The van der Waals surface area contributed by atoms with Crippen molar-refractivity contribution in [3.05, 3.63) is 35.8 Å². The number of carbonyl (C=O) groups is 1. The second kappa shape index (κ2) is 7.79. The minimum atomic E-state index is 0.0769. The van der Waals surface area contributed by atoms with Gasteiger partial charge in [0.05, 0.1) is 31.4 Å². The van der Waals surface area contributed by atoms with E-state index in [2.05, 4.69) is 24.0 Å². The Morgan fingerprint density at radius 2 is 2.17 bits per heavy atom. The molecule has 0 spiro atoms. The van der Waals surface area contributed by atoms with E-state index in [0.717, 1.165) is 57.9 Å². The monoisotopic (exact) mass is 318 g/mol. The van der Waals surface area contributed by atoms with Gasteiger partial charge >= 0.3 is 0 Å². The van der Waals surface area contributed by atoms with Gasteiger partial charge in [0.1, 0.15) is 12.0 Å². The lowest BCUT2D eigenvalue weighted by Crippen LogP contribution is -2.36. The molecule has 1 amide bonds. The first-order chi connectivity index (χ1) is 11.3. The van der Waals surface area contributed by atoms with Gasteiger partial charge in [-0.3, -0.25) is 9.69 Å². The third-order valence-corrected chi connectivity index (χ3v) is 4.56. The Kier molecular flexibility index (Phi) is 5.51. The van der Waals surface area contributed by atoms with Crippen LogP contribution in [0.2, 0.25) is 0 Å². The summed E-state index contributed by atoms with van der Waals surface area (Å²) in [5.41, 5.74) is 0.665. The lowest BCUT2D eigenvalue weighted by molar-refractivity contribution is 0.0313. The Morgan fingerprint density at radius 3 is 2.96 bits per heavy atom. The highest BCUT2D eigenvalue weighted by Crippen LogP contribution is 2.21. The van der Waals surface area contributed by atoms with Crippen LogP contribution in [-0.4, -0.2) is 54.6 Å². The average Bonchev–Trinajstić information content (AvgIpc) is 3.22. The zero-order valence-corrected chi connectivity index (χ0v) is 13.9. The maximum absolute atomic E-state index is 12.7. The number of rotatable bonds is 6. The van der Waals surface area contributed by atoms with Gasteiger partial charge in [0.15, 0.2) is 0 Å². The first-order valence-corrected chi connectivity index (χ1v) is 8.63. The summed E-state index contributed by atoms with van der Waals surface area (Å²) in [6.45, 7) is 7.00. The zero-order valence-electron chi connectivity index (χ0n) is 13.9. The highest BCUT2D eigenvalue weighted by atomic mass is 16.5. The van der Waals surface area contributed by atoms with E-state index in [1.807, 2.05) is 11.0 Å². The van der Waals surface area contributed by atoms with Crippen LogP contribution in [0.1, 0.15) is 42.3 Å². The first kappa shape index (κ1) is 16.3. The zero-order chi connectivity index (χ0) is 16.1. The fraction of sp³-hybridized carbons (Fsp3) is 0.611. The minimum Gasteiger partial charge on any atom is -0.467 e. The van der Waals surface area contributed by atoms with E-state index in [1.54, 1.807) is 6.26 Å². The Bertz CT molecular complexity index is 546. The smallest absolute Gasteiger partial charge is 0.257 e. The van der Waals surface area contributed by atoms with Crippen LogP contribution in [0.25, 0.3) is 0 Å². The lowest BCUT2D eigenvalue weighted by Gasteiger charge is -2.25. The summed E-state index contributed by atoms with van der Waals surface area (Å²) in [4.78, 5) is 17.0. The molecule has 0 N–H and O–H groups in total. The van der Waals surface area contributed by atoms with Crippen LogP contribution in [0, 0.1) is 0 Å². The molecule has 2 aliphatic heterocycles. The molecule has 1 aromatic heterocycles. The van der Waals surface area contributed by atoms with Gasteiger partial charge in [-0.05, 0) is 12.5 Å². The summed E-state index contributed by atoms with van der Waals surface area (Å²) in [6, 6.07) is 2.13. The molecule has 23 heavy (non-hydrogen) atoms. The quantitative estimate of drug-likeness (QED) is 0.757. The highest BCUT2D eigenvalue weighted by Gasteiger charge is 2.26. The molecule has 0 aliphatic carbocycles. The molecular formula is C18H26N2O3. The Hall–Kier alpha value is -1.59. The molecule has 3 rings (SSSR count). The third-order valence-electron chi connectivity index (χ3n) is 4.56. The number of ether oxygens (including phenoxy) is 1. The van der Waals surface area contributed by atoms with E-state index in [0.29, 0.717) is 12.1 Å². The molecule has 5 heteroatoms. The number of hydrogen-bond acceptors (Lipinski definition) is 4. The van der Waals surface area contributed by atoms with Crippen molar-refractivity contribution in [2.24, 2.45) is 0 Å². The van der Waals surface area contributed by atoms with Crippen molar-refractivity contribution in [3.63, 3.8) is 0 Å². The topological polar surface area (TPSA) is 45.9 Å². The van der Waals surface area contributed by atoms with Crippen molar-refractivity contribution in [1.29, 1.82) is 0 Å². The van der Waals surface area contributed by atoms with Gasteiger partial charge in [-0.2, -0.15) is 0 Å². The van der Waals surface area contributed by atoms with Gasteiger partial charge in [-0.25, -0.2) is 0 Å².